The average Bonchev–Trinajstić information content (AvgIpc) is 2.09. The summed E-state index contributed by atoms with van der Waals surface area (Å²) < 4.78 is 22.3. The molecule has 1 aromatic rings. The highest BCUT2D eigenvalue weighted by Gasteiger charge is 2.09. The summed E-state index contributed by atoms with van der Waals surface area (Å²) in [6, 6.07) is 2.22. The predicted octanol–water partition coefficient (Wildman–Crippen LogP) is 1.55. The van der Waals surface area contributed by atoms with E-state index in [1.54, 1.807) is 0 Å². The van der Waals surface area contributed by atoms with Crippen molar-refractivity contribution >= 4 is 0 Å². The third-order valence-electron chi connectivity index (χ3n) is 1.45. The van der Waals surface area contributed by atoms with Crippen LogP contribution in [0.25, 0.3) is 0 Å². The molecule has 4 heteroatoms. The number of halogens is 1. The van der Waals surface area contributed by atoms with Crippen LogP contribution < -0.4 is 9.47 Å². The van der Waals surface area contributed by atoms with E-state index in [1.807, 2.05) is 0 Å². The molecule has 0 unspecified atom stereocenters. The summed E-state index contributed by atoms with van der Waals surface area (Å²) in [7, 11) is 2.81. The second-order valence-electron chi connectivity index (χ2n) is 2.16. The van der Waals surface area contributed by atoms with Gasteiger partial charge in [0, 0.05) is 12.1 Å². The van der Waals surface area contributed by atoms with E-state index >= 15 is 0 Å². The number of phenolic OH excluding ortho intramolecular Hbond substituents is 1. The molecule has 0 fully saturated rings. The first-order chi connectivity index (χ1) is 5.69. The SMILES string of the molecule is COc1cc(O)c(F)cc1OC. The standard InChI is InChI=1S/C8H9FO3/c1-11-7-3-5(9)6(10)4-8(7)12-2/h3-4,10H,1-2H3. The van der Waals surface area contributed by atoms with Crippen molar-refractivity contribution < 1.29 is 19.0 Å². The summed E-state index contributed by atoms with van der Waals surface area (Å²) in [5.41, 5.74) is 0. The Bertz CT molecular complexity index is 257. The highest BCUT2D eigenvalue weighted by Crippen LogP contribution is 2.32. The molecule has 0 radical (unpaired) electrons. The zero-order valence-electron chi connectivity index (χ0n) is 6.80. The Morgan fingerprint density at radius 3 is 2.17 bits per heavy atom. The van der Waals surface area contributed by atoms with Crippen LogP contribution in [0.5, 0.6) is 17.2 Å². The van der Waals surface area contributed by atoms with Crippen molar-refractivity contribution in [2.45, 2.75) is 0 Å². The fraction of sp³-hybridized carbons (Fsp3) is 0.250. The molecule has 0 heterocycles. The van der Waals surface area contributed by atoms with Gasteiger partial charge < -0.3 is 14.6 Å². The zero-order chi connectivity index (χ0) is 9.14. The smallest absolute Gasteiger partial charge is 0.168 e. The molecule has 0 aliphatic rings. The van der Waals surface area contributed by atoms with Crippen LogP contribution in [0.4, 0.5) is 4.39 Å². The van der Waals surface area contributed by atoms with Crippen molar-refractivity contribution in [2.24, 2.45) is 0 Å². The molecule has 0 aliphatic carbocycles. The number of ether oxygens (including phenoxy) is 2. The number of benzene rings is 1. The van der Waals surface area contributed by atoms with Crippen molar-refractivity contribution in [3.63, 3.8) is 0 Å². The topological polar surface area (TPSA) is 38.7 Å². The number of aromatic hydroxyl groups is 1. The number of phenols is 1. The number of methoxy groups -OCH3 is 2. The maximum absolute atomic E-state index is 12.7. The number of rotatable bonds is 2. The van der Waals surface area contributed by atoms with Crippen molar-refractivity contribution in [1.29, 1.82) is 0 Å². The first kappa shape index (κ1) is 8.64. The summed E-state index contributed by atoms with van der Waals surface area (Å²) in [4.78, 5) is 0. The minimum absolute atomic E-state index is 0.257. The van der Waals surface area contributed by atoms with Gasteiger partial charge in [0.25, 0.3) is 0 Å². The van der Waals surface area contributed by atoms with Crippen LogP contribution >= 0.6 is 0 Å². The maximum Gasteiger partial charge on any atom is 0.168 e. The van der Waals surface area contributed by atoms with Gasteiger partial charge in [0.05, 0.1) is 14.2 Å². The molecule has 0 spiro atoms. The van der Waals surface area contributed by atoms with E-state index in [9.17, 15) is 4.39 Å². The summed E-state index contributed by atoms with van der Waals surface area (Å²) >= 11 is 0. The molecule has 0 saturated heterocycles. The second-order valence-corrected chi connectivity index (χ2v) is 2.16. The highest BCUT2D eigenvalue weighted by atomic mass is 19.1. The number of hydrogen-bond acceptors (Lipinski definition) is 3. The lowest BCUT2D eigenvalue weighted by atomic mass is 10.3. The van der Waals surface area contributed by atoms with Gasteiger partial charge in [-0.3, -0.25) is 0 Å². The lowest BCUT2D eigenvalue weighted by Gasteiger charge is -2.07. The summed E-state index contributed by atoms with van der Waals surface area (Å²) in [5.74, 6) is -0.621. The van der Waals surface area contributed by atoms with Crippen LogP contribution in [0.1, 0.15) is 0 Å². The molecule has 1 rings (SSSR count). The second kappa shape index (κ2) is 3.30. The Morgan fingerprint density at radius 2 is 1.67 bits per heavy atom. The van der Waals surface area contributed by atoms with E-state index in [4.69, 9.17) is 14.6 Å². The lowest BCUT2D eigenvalue weighted by molar-refractivity contribution is 0.345. The van der Waals surface area contributed by atoms with Crippen molar-refractivity contribution in [3.8, 4) is 17.2 Å². The Kier molecular flexibility index (Phi) is 2.38. The first-order valence-corrected chi connectivity index (χ1v) is 3.29. The van der Waals surface area contributed by atoms with Crippen molar-refractivity contribution in [3.05, 3.63) is 17.9 Å². The number of hydrogen-bond donors (Lipinski definition) is 1. The minimum Gasteiger partial charge on any atom is -0.505 e. The van der Waals surface area contributed by atoms with Crippen LogP contribution in [0.15, 0.2) is 12.1 Å². The summed E-state index contributed by atoms with van der Waals surface area (Å²) in [5, 5.41) is 8.94. The Labute approximate surface area is 69.3 Å². The van der Waals surface area contributed by atoms with Crippen LogP contribution in [-0.4, -0.2) is 19.3 Å². The van der Waals surface area contributed by atoms with Gasteiger partial charge in [-0.25, -0.2) is 4.39 Å². The molecule has 66 valence electrons. The van der Waals surface area contributed by atoms with Crippen LogP contribution in [-0.2, 0) is 0 Å². The lowest BCUT2D eigenvalue weighted by Crippen LogP contribution is -1.91. The summed E-state index contributed by atoms with van der Waals surface area (Å²) in [6.45, 7) is 0. The fourth-order valence-corrected chi connectivity index (χ4v) is 0.843. The zero-order valence-corrected chi connectivity index (χ0v) is 6.80. The molecule has 0 amide bonds. The molecule has 0 bridgehead atoms. The molecule has 12 heavy (non-hydrogen) atoms. The maximum atomic E-state index is 12.7. The van der Waals surface area contributed by atoms with Gasteiger partial charge in [0.15, 0.2) is 23.1 Å². The molecule has 1 aromatic carbocycles. The Balaban J connectivity index is 3.19. The summed E-state index contributed by atoms with van der Waals surface area (Å²) in [6.07, 6.45) is 0. The van der Waals surface area contributed by atoms with Crippen LogP contribution in [0.3, 0.4) is 0 Å². The third-order valence-corrected chi connectivity index (χ3v) is 1.45. The van der Waals surface area contributed by atoms with E-state index in [1.165, 1.54) is 14.2 Å². The molecule has 1 N–H and O–H groups in total. The van der Waals surface area contributed by atoms with Gasteiger partial charge >= 0.3 is 0 Å². The Hall–Kier alpha value is -1.45. The minimum atomic E-state index is -0.729. The molecule has 0 aromatic heterocycles. The molecular formula is C8H9FO3. The normalized spacial score (nSPS) is 9.58. The molecule has 3 nitrogen and oxygen atoms in total. The van der Waals surface area contributed by atoms with E-state index in [2.05, 4.69) is 0 Å². The van der Waals surface area contributed by atoms with Gasteiger partial charge in [0.1, 0.15) is 0 Å². The monoisotopic (exact) mass is 172 g/mol. The van der Waals surface area contributed by atoms with E-state index in [-0.39, 0.29) is 5.75 Å². The van der Waals surface area contributed by atoms with Gasteiger partial charge in [-0.15, -0.1) is 0 Å². The molecular weight excluding hydrogens is 163 g/mol. The van der Waals surface area contributed by atoms with Crippen molar-refractivity contribution in [1.82, 2.24) is 0 Å². The molecule has 0 atom stereocenters. The average molecular weight is 172 g/mol. The van der Waals surface area contributed by atoms with E-state index in [0.29, 0.717) is 5.75 Å². The van der Waals surface area contributed by atoms with Gasteiger partial charge in [-0.2, -0.15) is 0 Å². The quantitative estimate of drug-likeness (QED) is 0.735. The fourth-order valence-electron chi connectivity index (χ4n) is 0.843. The van der Waals surface area contributed by atoms with Crippen LogP contribution in [0.2, 0.25) is 0 Å². The Morgan fingerprint density at radius 1 is 1.17 bits per heavy atom. The van der Waals surface area contributed by atoms with E-state index in [0.717, 1.165) is 12.1 Å². The van der Waals surface area contributed by atoms with Crippen molar-refractivity contribution in [2.75, 3.05) is 14.2 Å². The molecule has 0 aliphatic heterocycles. The third kappa shape index (κ3) is 1.42. The van der Waals surface area contributed by atoms with Crippen LogP contribution in [0, 0.1) is 5.82 Å². The predicted molar refractivity (Wildman–Crippen MR) is 41.2 cm³/mol. The highest BCUT2D eigenvalue weighted by molar-refractivity contribution is 5.45. The van der Waals surface area contributed by atoms with E-state index < -0.39 is 11.6 Å². The first-order valence-electron chi connectivity index (χ1n) is 3.29. The van der Waals surface area contributed by atoms with Gasteiger partial charge in [0.2, 0.25) is 0 Å². The largest absolute Gasteiger partial charge is 0.505 e. The van der Waals surface area contributed by atoms with Gasteiger partial charge in [-0.05, 0) is 0 Å². The van der Waals surface area contributed by atoms with Gasteiger partial charge in [-0.1, -0.05) is 0 Å². The molecule has 0 saturated carbocycles.